The Labute approximate surface area is 148 Å². The molecule has 2 aromatic carbocycles. The summed E-state index contributed by atoms with van der Waals surface area (Å²) in [5.74, 6) is 0.622. The number of rotatable bonds is 5. The number of fused-ring (bicyclic) bond motifs is 3. The van der Waals surface area contributed by atoms with E-state index in [2.05, 4.69) is 24.1 Å². The van der Waals surface area contributed by atoms with Crippen molar-refractivity contribution in [1.82, 2.24) is 4.98 Å². The molecule has 0 saturated carbocycles. The lowest BCUT2D eigenvalue weighted by Gasteiger charge is -2.16. The van der Waals surface area contributed by atoms with E-state index in [1.54, 1.807) is 0 Å². The van der Waals surface area contributed by atoms with Gasteiger partial charge in [0.2, 0.25) is 5.91 Å². The van der Waals surface area contributed by atoms with E-state index >= 15 is 0 Å². The van der Waals surface area contributed by atoms with E-state index in [9.17, 15) is 9.90 Å². The van der Waals surface area contributed by atoms with Crippen LogP contribution >= 0.6 is 0 Å². The number of benzene rings is 2. The zero-order chi connectivity index (χ0) is 18.1. The van der Waals surface area contributed by atoms with Gasteiger partial charge in [0.1, 0.15) is 5.75 Å². The average molecular weight is 338 g/mol. The number of anilines is 1. The van der Waals surface area contributed by atoms with Crippen molar-refractivity contribution in [3.63, 3.8) is 0 Å². The van der Waals surface area contributed by atoms with Crippen LogP contribution in [0.1, 0.15) is 44.7 Å². The lowest BCUT2D eigenvalue weighted by atomic mass is 9.93. The third-order valence-corrected chi connectivity index (χ3v) is 5.19. The summed E-state index contributed by atoms with van der Waals surface area (Å²) in [4.78, 5) is 15.2. The van der Waals surface area contributed by atoms with Crippen LogP contribution in [-0.4, -0.2) is 16.0 Å². The van der Waals surface area contributed by atoms with Crippen LogP contribution in [-0.2, 0) is 11.2 Å². The third-order valence-electron chi connectivity index (χ3n) is 5.19. The number of hydrogen-bond acceptors (Lipinski definition) is 2. The van der Waals surface area contributed by atoms with Gasteiger partial charge < -0.3 is 15.4 Å². The van der Waals surface area contributed by atoms with Crippen LogP contribution in [0.3, 0.4) is 0 Å². The van der Waals surface area contributed by atoms with Crippen molar-refractivity contribution in [2.24, 2.45) is 5.92 Å². The van der Waals surface area contributed by atoms with Gasteiger partial charge in [0.25, 0.3) is 0 Å². The third kappa shape index (κ3) is 3.09. The van der Waals surface area contributed by atoms with Gasteiger partial charge in [-0.3, -0.25) is 4.79 Å². The van der Waals surface area contributed by atoms with Crippen molar-refractivity contribution in [2.75, 3.05) is 5.32 Å². The molecular formula is C21H26N2O2. The first kappa shape index (κ1) is 17.3. The summed E-state index contributed by atoms with van der Waals surface area (Å²) >= 11 is 0. The van der Waals surface area contributed by atoms with Gasteiger partial charge >= 0.3 is 0 Å². The summed E-state index contributed by atoms with van der Waals surface area (Å²) in [6.07, 6.45) is 3.11. The summed E-state index contributed by atoms with van der Waals surface area (Å²) in [7, 11) is 0. The fraction of sp³-hybridized carbons (Fsp3) is 0.381. The number of phenolic OH excluding ortho intramolecular Hbond substituents is 1. The second-order valence-corrected chi connectivity index (χ2v) is 6.98. The second kappa shape index (κ2) is 6.79. The molecule has 0 aliphatic rings. The standard InChI is InChI=1S/C21H26N2O2/c1-5-12(2)10-11-15-13(3)21(25)20(22-14(4)24)18-16-8-6-7-9-17(16)23-19(15)18/h6-9,12,23,25H,5,10-11H2,1-4H3,(H,22,24)/t12-/m1/s1. The Morgan fingerprint density at radius 1 is 1.32 bits per heavy atom. The fourth-order valence-corrected chi connectivity index (χ4v) is 3.47. The Kier molecular flexibility index (Phi) is 4.71. The largest absolute Gasteiger partial charge is 0.505 e. The Balaban J connectivity index is 2.29. The van der Waals surface area contributed by atoms with Crippen LogP contribution in [0.5, 0.6) is 5.75 Å². The minimum absolute atomic E-state index is 0.173. The number of amides is 1. The molecule has 0 spiro atoms. The summed E-state index contributed by atoms with van der Waals surface area (Å²) in [5, 5.41) is 15.5. The number of para-hydroxylation sites is 1. The number of aromatic amines is 1. The number of H-pyrrole nitrogens is 1. The number of aryl methyl sites for hydroxylation is 1. The predicted octanol–water partition coefficient (Wildman–Crippen LogP) is 5.27. The molecular weight excluding hydrogens is 312 g/mol. The van der Waals surface area contributed by atoms with Gasteiger partial charge in [0.15, 0.2) is 0 Å². The van der Waals surface area contributed by atoms with Gasteiger partial charge in [0, 0.05) is 23.2 Å². The topological polar surface area (TPSA) is 65.1 Å². The van der Waals surface area contributed by atoms with Crippen LogP contribution in [0, 0.1) is 12.8 Å². The number of nitrogens with one attached hydrogen (secondary N) is 2. The molecule has 25 heavy (non-hydrogen) atoms. The molecule has 3 rings (SSSR count). The number of carbonyl (C=O) groups excluding carboxylic acids is 1. The highest BCUT2D eigenvalue weighted by Gasteiger charge is 2.21. The summed E-state index contributed by atoms with van der Waals surface area (Å²) in [5.41, 5.74) is 4.51. The van der Waals surface area contributed by atoms with Crippen molar-refractivity contribution in [3.8, 4) is 5.75 Å². The Morgan fingerprint density at radius 2 is 2.04 bits per heavy atom. The van der Waals surface area contributed by atoms with Gasteiger partial charge in [-0.15, -0.1) is 0 Å². The summed E-state index contributed by atoms with van der Waals surface area (Å²) in [6, 6.07) is 8.01. The molecule has 0 unspecified atom stereocenters. The van der Waals surface area contributed by atoms with E-state index in [0.29, 0.717) is 11.6 Å². The first-order valence-electron chi connectivity index (χ1n) is 8.96. The minimum atomic E-state index is -0.186. The molecule has 0 bridgehead atoms. The molecule has 3 aromatic rings. The molecule has 1 aromatic heterocycles. The first-order valence-corrected chi connectivity index (χ1v) is 8.96. The Hall–Kier alpha value is -2.49. The van der Waals surface area contributed by atoms with Gasteiger partial charge in [0.05, 0.1) is 11.2 Å². The molecule has 0 aliphatic carbocycles. The molecule has 132 valence electrons. The molecule has 1 atom stereocenters. The Morgan fingerprint density at radius 3 is 2.72 bits per heavy atom. The average Bonchev–Trinajstić information content (AvgIpc) is 2.97. The minimum Gasteiger partial charge on any atom is -0.505 e. The Bertz CT molecular complexity index is 940. The number of aromatic hydroxyl groups is 1. The van der Waals surface area contributed by atoms with Crippen molar-refractivity contribution in [3.05, 3.63) is 35.4 Å². The highest BCUT2D eigenvalue weighted by Crippen LogP contribution is 2.43. The zero-order valence-electron chi connectivity index (χ0n) is 15.4. The van der Waals surface area contributed by atoms with Crippen molar-refractivity contribution >= 4 is 33.4 Å². The summed E-state index contributed by atoms with van der Waals surface area (Å²) in [6.45, 7) is 7.85. The molecule has 0 fully saturated rings. The second-order valence-electron chi connectivity index (χ2n) is 6.98. The fourth-order valence-electron chi connectivity index (χ4n) is 3.47. The lowest BCUT2D eigenvalue weighted by Crippen LogP contribution is -2.08. The van der Waals surface area contributed by atoms with Crippen LogP contribution in [0.25, 0.3) is 21.8 Å². The van der Waals surface area contributed by atoms with Gasteiger partial charge in [-0.05, 0) is 42.9 Å². The van der Waals surface area contributed by atoms with E-state index in [4.69, 9.17) is 0 Å². The van der Waals surface area contributed by atoms with E-state index < -0.39 is 0 Å². The van der Waals surface area contributed by atoms with E-state index in [1.165, 1.54) is 6.92 Å². The van der Waals surface area contributed by atoms with E-state index in [0.717, 1.165) is 52.2 Å². The maximum absolute atomic E-state index is 11.7. The zero-order valence-corrected chi connectivity index (χ0v) is 15.4. The molecule has 4 nitrogen and oxygen atoms in total. The van der Waals surface area contributed by atoms with Crippen LogP contribution in [0.15, 0.2) is 24.3 Å². The first-order chi connectivity index (χ1) is 11.9. The number of phenols is 1. The van der Waals surface area contributed by atoms with Crippen molar-refractivity contribution < 1.29 is 9.90 Å². The smallest absolute Gasteiger partial charge is 0.221 e. The molecule has 1 amide bonds. The maximum Gasteiger partial charge on any atom is 0.221 e. The van der Waals surface area contributed by atoms with Crippen LogP contribution in [0.4, 0.5) is 5.69 Å². The normalized spacial score (nSPS) is 12.6. The van der Waals surface area contributed by atoms with E-state index in [1.807, 2.05) is 31.2 Å². The van der Waals surface area contributed by atoms with Gasteiger partial charge in [-0.1, -0.05) is 38.5 Å². The molecule has 0 saturated heterocycles. The van der Waals surface area contributed by atoms with Crippen LogP contribution < -0.4 is 5.32 Å². The molecule has 1 heterocycles. The van der Waals surface area contributed by atoms with Crippen LogP contribution in [0.2, 0.25) is 0 Å². The van der Waals surface area contributed by atoms with E-state index in [-0.39, 0.29) is 11.7 Å². The summed E-state index contributed by atoms with van der Waals surface area (Å²) < 4.78 is 0. The quantitative estimate of drug-likeness (QED) is 0.555. The molecule has 3 N–H and O–H groups in total. The highest BCUT2D eigenvalue weighted by molar-refractivity contribution is 6.18. The number of carbonyl (C=O) groups is 1. The molecule has 0 radical (unpaired) electrons. The van der Waals surface area contributed by atoms with Crippen molar-refractivity contribution in [2.45, 2.75) is 47.0 Å². The number of aromatic nitrogens is 1. The van der Waals surface area contributed by atoms with Gasteiger partial charge in [-0.25, -0.2) is 0 Å². The molecule has 4 heteroatoms. The number of hydrogen-bond donors (Lipinski definition) is 3. The maximum atomic E-state index is 11.7. The SMILES string of the molecule is CC[C@@H](C)CCc1c(C)c(O)c(NC(C)=O)c2c1[nH]c1ccccc12. The predicted molar refractivity (Wildman–Crippen MR) is 104 cm³/mol. The van der Waals surface area contributed by atoms with Gasteiger partial charge in [-0.2, -0.15) is 0 Å². The molecule has 0 aliphatic heterocycles. The van der Waals surface area contributed by atoms with Crippen molar-refractivity contribution in [1.29, 1.82) is 0 Å². The lowest BCUT2D eigenvalue weighted by molar-refractivity contribution is -0.114. The highest BCUT2D eigenvalue weighted by atomic mass is 16.3. The monoisotopic (exact) mass is 338 g/mol.